The van der Waals surface area contributed by atoms with Crippen molar-refractivity contribution in [2.24, 2.45) is 5.73 Å². The summed E-state index contributed by atoms with van der Waals surface area (Å²) in [4.78, 5) is 20.1. The van der Waals surface area contributed by atoms with Crippen molar-refractivity contribution in [3.8, 4) is 17.6 Å². The van der Waals surface area contributed by atoms with Crippen molar-refractivity contribution in [1.29, 1.82) is 5.26 Å². The third-order valence-corrected chi connectivity index (χ3v) is 5.52. The van der Waals surface area contributed by atoms with Gasteiger partial charge in [0.05, 0.1) is 18.6 Å². The summed E-state index contributed by atoms with van der Waals surface area (Å²) in [6.07, 6.45) is 0. The maximum Gasteiger partial charge on any atom is 0.257 e. The van der Waals surface area contributed by atoms with E-state index in [1.807, 2.05) is 19.1 Å². The number of nitriles is 1. The molecule has 0 saturated heterocycles. The number of methoxy groups -OCH3 is 1. The van der Waals surface area contributed by atoms with E-state index in [-0.39, 0.29) is 17.0 Å². The van der Waals surface area contributed by atoms with Gasteiger partial charge in [0.25, 0.3) is 5.56 Å². The van der Waals surface area contributed by atoms with Crippen LogP contribution < -0.4 is 26.1 Å². The smallest absolute Gasteiger partial charge is 0.257 e. The fraction of sp³-hybridized carbons (Fsp3) is 0.211. The van der Waals surface area contributed by atoms with Crippen LogP contribution in [0.25, 0.3) is 10.3 Å². The van der Waals surface area contributed by atoms with E-state index in [0.29, 0.717) is 39.1 Å². The van der Waals surface area contributed by atoms with Crippen molar-refractivity contribution in [3.63, 3.8) is 0 Å². The van der Waals surface area contributed by atoms with Crippen molar-refractivity contribution in [2.45, 2.75) is 12.8 Å². The Balaban J connectivity index is 1.98. The maximum absolute atomic E-state index is 12.9. The number of allylic oxidation sites excluding steroid dienone is 1. The topological polar surface area (TPSA) is 126 Å². The van der Waals surface area contributed by atoms with Crippen molar-refractivity contribution >= 4 is 26.8 Å². The molecule has 1 aliphatic rings. The summed E-state index contributed by atoms with van der Waals surface area (Å²) in [6, 6.07) is 9.26. The second-order valence-corrected chi connectivity index (χ2v) is 7.12. The standard InChI is InChI=1S/C19H17N5O3S/c1-3-22-19-24-17-15(28-19)14-13(18(25)23-17)12(11(8-20)16(21)27-14)9-4-6-10(26-2)7-5-9/h4-7,12H,3,21H2,1-2H3,(H2,22,23,24,25)/t12-/m1/s1. The van der Waals surface area contributed by atoms with Gasteiger partial charge in [-0.25, -0.2) is 4.98 Å². The predicted octanol–water partition coefficient (Wildman–Crippen LogP) is 2.64. The number of H-pyrrole nitrogens is 1. The molecule has 0 spiro atoms. The molecular weight excluding hydrogens is 378 g/mol. The van der Waals surface area contributed by atoms with Gasteiger partial charge in [-0.2, -0.15) is 5.26 Å². The highest BCUT2D eigenvalue weighted by Gasteiger charge is 2.35. The molecule has 8 nitrogen and oxygen atoms in total. The molecule has 9 heteroatoms. The number of thiazole rings is 1. The minimum atomic E-state index is -0.641. The number of fused-ring (bicyclic) bond motifs is 3. The Morgan fingerprint density at radius 1 is 1.43 bits per heavy atom. The lowest BCUT2D eigenvalue weighted by Gasteiger charge is -2.25. The van der Waals surface area contributed by atoms with Crippen molar-refractivity contribution in [1.82, 2.24) is 9.97 Å². The number of ether oxygens (including phenoxy) is 2. The van der Waals surface area contributed by atoms with E-state index in [9.17, 15) is 10.1 Å². The minimum absolute atomic E-state index is 0.0129. The summed E-state index contributed by atoms with van der Waals surface area (Å²) < 4.78 is 11.6. The monoisotopic (exact) mass is 395 g/mol. The van der Waals surface area contributed by atoms with Gasteiger partial charge >= 0.3 is 0 Å². The van der Waals surface area contributed by atoms with Crippen LogP contribution in [-0.4, -0.2) is 23.6 Å². The molecule has 1 aromatic carbocycles. The van der Waals surface area contributed by atoms with E-state index in [0.717, 1.165) is 5.56 Å². The predicted molar refractivity (Wildman–Crippen MR) is 107 cm³/mol. The molecule has 3 heterocycles. The molecule has 0 amide bonds. The number of hydrogen-bond donors (Lipinski definition) is 3. The van der Waals surface area contributed by atoms with Crippen LogP contribution in [0, 0.1) is 11.3 Å². The van der Waals surface area contributed by atoms with Crippen LogP contribution >= 0.6 is 11.3 Å². The second kappa shape index (κ2) is 6.90. The number of aromatic amines is 1. The molecule has 1 atom stereocenters. The minimum Gasteiger partial charge on any atom is -0.497 e. The van der Waals surface area contributed by atoms with Crippen LogP contribution in [0.2, 0.25) is 0 Å². The first kappa shape index (κ1) is 17.9. The lowest BCUT2D eigenvalue weighted by Crippen LogP contribution is -2.27. The third-order valence-electron chi connectivity index (χ3n) is 4.51. The van der Waals surface area contributed by atoms with Crippen molar-refractivity contribution in [3.05, 3.63) is 57.2 Å². The van der Waals surface area contributed by atoms with Crippen LogP contribution in [-0.2, 0) is 0 Å². The van der Waals surface area contributed by atoms with E-state index in [2.05, 4.69) is 21.4 Å². The van der Waals surface area contributed by atoms with E-state index < -0.39 is 5.92 Å². The average molecular weight is 395 g/mol. The zero-order chi connectivity index (χ0) is 19.8. The second-order valence-electron chi connectivity index (χ2n) is 6.12. The number of nitrogens with one attached hydrogen (secondary N) is 2. The summed E-state index contributed by atoms with van der Waals surface area (Å²) in [7, 11) is 1.57. The highest BCUT2D eigenvalue weighted by molar-refractivity contribution is 7.22. The molecular formula is C19H17N5O3S. The van der Waals surface area contributed by atoms with Crippen LogP contribution in [0.3, 0.4) is 0 Å². The number of nitrogens with two attached hydrogens (primary N) is 1. The van der Waals surface area contributed by atoms with Gasteiger partial charge in [-0.05, 0) is 24.6 Å². The lowest BCUT2D eigenvalue weighted by atomic mass is 9.84. The van der Waals surface area contributed by atoms with Crippen LogP contribution in [0.15, 0.2) is 40.5 Å². The van der Waals surface area contributed by atoms with Gasteiger partial charge < -0.3 is 25.5 Å². The first-order valence-electron chi connectivity index (χ1n) is 8.59. The molecule has 0 bridgehead atoms. The Bertz CT molecular complexity index is 1190. The fourth-order valence-electron chi connectivity index (χ4n) is 3.25. The summed E-state index contributed by atoms with van der Waals surface area (Å²) >= 11 is 1.36. The van der Waals surface area contributed by atoms with Gasteiger partial charge in [0.15, 0.2) is 16.5 Å². The number of pyridine rings is 1. The molecule has 0 radical (unpaired) electrons. The fourth-order valence-corrected chi connectivity index (χ4v) is 4.23. The van der Waals surface area contributed by atoms with Crippen molar-refractivity contribution in [2.75, 3.05) is 19.0 Å². The molecule has 0 aliphatic carbocycles. The Morgan fingerprint density at radius 3 is 2.82 bits per heavy atom. The van der Waals surface area contributed by atoms with Crippen LogP contribution in [0.5, 0.6) is 11.5 Å². The summed E-state index contributed by atoms with van der Waals surface area (Å²) in [5.74, 6) is 0.366. The molecule has 0 saturated carbocycles. The molecule has 0 fully saturated rings. The van der Waals surface area contributed by atoms with Gasteiger partial charge in [0.2, 0.25) is 5.88 Å². The Labute approximate surface area is 164 Å². The van der Waals surface area contributed by atoms with Gasteiger partial charge in [-0.15, -0.1) is 0 Å². The first-order valence-corrected chi connectivity index (χ1v) is 9.41. The number of rotatable bonds is 4. The lowest BCUT2D eigenvalue weighted by molar-refractivity contribution is 0.397. The van der Waals surface area contributed by atoms with E-state index >= 15 is 0 Å². The Hall–Kier alpha value is -3.51. The first-order chi connectivity index (χ1) is 13.6. The summed E-state index contributed by atoms with van der Waals surface area (Å²) in [6.45, 7) is 2.66. The molecule has 28 heavy (non-hydrogen) atoms. The van der Waals surface area contributed by atoms with E-state index in [1.165, 1.54) is 11.3 Å². The maximum atomic E-state index is 12.9. The molecule has 2 aromatic heterocycles. The number of nitrogens with zero attached hydrogens (tertiary/aromatic N) is 2. The van der Waals surface area contributed by atoms with Gasteiger partial charge in [0.1, 0.15) is 22.1 Å². The zero-order valence-electron chi connectivity index (χ0n) is 15.2. The zero-order valence-corrected chi connectivity index (χ0v) is 16.0. The normalized spacial score (nSPS) is 15.7. The molecule has 0 unspecified atom stereocenters. The Kier molecular flexibility index (Phi) is 4.41. The SMILES string of the molecule is CCNc1nc2[nH]c(=O)c3c(c2s1)OC(N)=C(C#N)[C@H]3c1ccc(OC)cc1. The summed E-state index contributed by atoms with van der Waals surface area (Å²) in [5.41, 5.74) is 7.40. The number of hydrogen-bond acceptors (Lipinski definition) is 8. The molecule has 3 aromatic rings. The quantitative estimate of drug-likeness (QED) is 0.620. The van der Waals surface area contributed by atoms with Crippen LogP contribution in [0.1, 0.15) is 24.0 Å². The van der Waals surface area contributed by atoms with Crippen LogP contribution in [0.4, 0.5) is 5.13 Å². The van der Waals surface area contributed by atoms with Gasteiger partial charge in [0, 0.05) is 6.54 Å². The van der Waals surface area contributed by atoms with E-state index in [4.69, 9.17) is 15.2 Å². The molecule has 1 aliphatic heterocycles. The number of anilines is 1. The van der Waals surface area contributed by atoms with E-state index in [1.54, 1.807) is 19.2 Å². The molecule has 4 rings (SSSR count). The third kappa shape index (κ3) is 2.75. The van der Waals surface area contributed by atoms with Gasteiger partial charge in [-0.1, -0.05) is 23.5 Å². The highest BCUT2D eigenvalue weighted by Crippen LogP contribution is 2.45. The average Bonchev–Trinajstić information content (AvgIpc) is 3.10. The summed E-state index contributed by atoms with van der Waals surface area (Å²) in [5, 5.41) is 13.5. The van der Waals surface area contributed by atoms with Gasteiger partial charge in [-0.3, -0.25) is 4.79 Å². The molecule has 4 N–H and O–H groups in total. The van der Waals surface area contributed by atoms with Crippen molar-refractivity contribution < 1.29 is 9.47 Å². The number of benzene rings is 1. The highest BCUT2D eigenvalue weighted by atomic mass is 32.1. The molecule has 142 valence electrons. The Morgan fingerprint density at radius 2 is 2.18 bits per heavy atom. The largest absolute Gasteiger partial charge is 0.497 e. The number of aromatic nitrogens is 2.